The van der Waals surface area contributed by atoms with Crippen LogP contribution >= 0.6 is 0 Å². The fraction of sp³-hybridized carbons (Fsp3) is 0.417. The van der Waals surface area contributed by atoms with Crippen molar-refractivity contribution < 1.29 is 4.79 Å². The third-order valence-electron chi connectivity index (χ3n) is 2.41. The molecule has 1 aromatic rings. The Balaban J connectivity index is 2.80. The molecule has 1 amide bonds. The summed E-state index contributed by atoms with van der Waals surface area (Å²) in [5, 5.41) is 8.68. The van der Waals surface area contributed by atoms with E-state index in [9.17, 15) is 4.79 Å². The largest absolute Gasteiger partial charge is 0.348 e. The highest BCUT2D eigenvalue weighted by atomic mass is 16.2. The lowest BCUT2D eigenvalue weighted by Crippen LogP contribution is -2.36. The maximum atomic E-state index is 11.6. The maximum Gasteiger partial charge on any atom is 0.241 e. The van der Waals surface area contributed by atoms with Crippen molar-refractivity contribution >= 4 is 11.7 Å². The second kappa shape index (κ2) is 5.85. The molecule has 5 nitrogen and oxygen atoms in total. The number of hydrogen-bond donors (Lipinski definition) is 0. The van der Waals surface area contributed by atoms with Gasteiger partial charge in [-0.2, -0.15) is 5.26 Å². The summed E-state index contributed by atoms with van der Waals surface area (Å²) in [5.41, 5.74) is 0.517. The molecule has 0 aliphatic heterocycles. The summed E-state index contributed by atoms with van der Waals surface area (Å²) >= 11 is 0. The molecule has 1 heterocycles. The Morgan fingerprint density at radius 3 is 2.59 bits per heavy atom. The summed E-state index contributed by atoms with van der Waals surface area (Å²) in [7, 11) is 3.45. The molecule has 17 heavy (non-hydrogen) atoms. The molecule has 0 bridgehead atoms. The zero-order valence-corrected chi connectivity index (χ0v) is 10.3. The van der Waals surface area contributed by atoms with Gasteiger partial charge in [0.05, 0.1) is 12.1 Å². The standard InChI is InChI=1S/C12H16N4O/c1-4-16(9-12(17)15(2)3)11-6-5-10(7-13)8-14-11/h5-6,8H,4,9H2,1-3H3. The van der Waals surface area contributed by atoms with Crippen LogP contribution < -0.4 is 4.90 Å². The van der Waals surface area contributed by atoms with Gasteiger partial charge in [0.1, 0.15) is 11.9 Å². The van der Waals surface area contributed by atoms with Gasteiger partial charge in [0.2, 0.25) is 5.91 Å². The number of anilines is 1. The van der Waals surface area contributed by atoms with E-state index in [4.69, 9.17) is 5.26 Å². The first kappa shape index (κ1) is 13.0. The molecule has 0 N–H and O–H groups in total. The molecule has 0 fully saturated rings. The molecule has 0 aromatic carbocycles. The maximum absolute atomic E-state index is 11.6. The average Bonchev–Trinajstić information content (AvgIpc) is 2.35. The van der Waals surface area contributed by atoms with Crippen LogP contribution in [0.1, 0.15) is 12.5 Å². The summed E-state index contributed by atoms with van der Waals surface area (Å²) in [6, 6.07) is 5.47. The molecule has 1 rings (SSSR count). The number of nitrogens with zero attached hydrogens (tertiary/aromatic N) is 4. The second-order valence-corrected chi connectivity index (χ2v) is 3.82. The molecular weight excluding hydrogens is 216 g/mol. The summed E-state index contributed by atoms with van der Waals surface area (Å²) in [6.07, 6.45) is 1.51. The smallest absolute Gasteiger partial charge is 0.241 e. The van der Waals surface area contributed by atoms with E-state index in [1.165, 1.54) is 6.20 Å². The van der Waals surface area contributed by atoms with Gasteiger partial charge in [-0.05, 0) is 19.1 Å². The molecule has 1 aromatic heterocycles. The van der Waals surface area contributed by atoms with Crippen molar-refractivity contribution in [3.63, 3.8) is 0 Å². The van der Waals surface area contributed by atoms with Crippen molar-refractivity contribution in [1.29, 1.82) is 5.26 Å². The minimum absolute atomic E-state index is 0.0259. The van der Waals surface area contributed by atoms with Crippen LogP contribution in [-0.4, -0.2) is 43.0 Å². The number of nitriles is 1. The number of rotatable bonds is 4. The predicted molar refractivity (Wildman–Crippen MR) is 65.5 cm³/mol. The molecule has 0 unspecified atom stereocenters. The van der Waals surface area contributed by atoms with Gasteiger partial charge in [0.15, 0.2) is 0 Å². The molecular formula is C12H16N4O. The van der Waals surface area contributed by atoms with E-state index in [1.807, 2.05) is 17.9 Å². The monoisotopic (exact) mass is 232 g/mol. The number of carbonyl (C=O) groups excluding carboxylic acids is 1. The SMILES string of the molecule is CCN(CC(=O)N(C)C)c1ccc(C#N)cn1. The van der Waals surface area contributed by atoms with Crippen LogP contribution in [0.15, 0.2) is 18.3 Å². The number of hydrogen-bond acceptors (Lipinski definition) is 4. The Labute approximate surface area is 101 Å². The van der Waals surface area contributed by atoms with Crippen LogP contribution in [0.2, 0.25) is 0 Å². The van der Waals surface area contributed by atoms with Crippen LogP contribution in [0.5, 0.6) is 0 Å². The fourth-order valence-electron chi connectivity index (χ4n) is 1.30. The molecule has 0 saturated carbocycles. The fourth-order valence-corrected chi connectivity index (χ4v) is 1.30. The van der Waals surface area contributed by atoms with E-state index in [1.54, 1.807) is 31.1 Å². The summed E-state index contributed by atoms with van der Waals surface area (Å²) in [4.78, 5) is 19.2. The Morgan fingerprint density at radius 2 is 2.18 bits per heavy atom. The third-order valence-corrected chi connectivity index (χ3v) is 2.41. The first-order chi connectivity index (χ1) is 8.08. The lowest BCUT2D eigenvalue weighted by atomic mass is 10.3. The Bertz CT molecular complexity index is 419. The van der Waals surface area contributed by atoms with E-state index in [0.717, 1.165) is 0 Å². The van der Waals surface area contributed by atoms with Crippen LogP contribution in [0, 0.1) is 11.3 Å². The Hall–Kier alpha value is -2.09. The van der Waals surface area contributed by atoms with Gasteiger partial charge < -0.3 is 9.80 Å². The van der Waals surface area contributed by atoms with E-state index >= 15 is 0 Å². The van der Waals surface area contributed by atoms with Gasteiger partial charge in [-0.15, -0.1) is 0 Å². The molecule has 0 radical (unpaired) electrons. The zero-order valence-electron chi connectivity index (χ0n) is 10.3. The van der Waals surface area contributed by atoms with Crippen molar-refractivity contribution in [2.45, 2.75) is 6.92 Å². The van der Waals surface area contributed by atoms with Crippen molar-refractivity contribution in [2.24, 2.45) is 0 Å². The minimum Gasteiger partial charge on any atom is -0.348 e. The number of pyridine rings is 1. The van der Waals surface area contributed by atoms with E-state index in [0.29, 0.717) is 24.5 Å². The molecule has 0 aliphatic rings. The van der Waals surface area contributed by atoms with E-state index in [2.05, 4.69) is 4.98 Å². The molecule has 0 aliphatic carbocycles. The van der Waals surface area contributed by atoms with Crippen molar-refractivity contribution in [3.8, 4) is 6.07 Å². The van der Waals surface area contributed by atoms with Gasteiger partial charge in [-0.1, -0.05) is 0 Å². The lowest BCUT2D eigenvalue weighted by Gasteiger charge is -2.23. The van der Waals surface area contributed by atoms with Gasteiger partial charge >= 0.3 is 0 Å². The minimum atomic E-state index is 0.0259. The summed E-state index contributed by atoms with van der Waals surface area (Å²) < 4.78 is 0. The second-order valence-electron chi connectivity index (χ2n) is 3.82. The van der Waals surface area contributed by atoms with Gasteiger partial charge in [-0.25, -0.2) is 4.98 Å². The molecule has 0 atom stereocenters. The number of likely N-dealkylation sites (N-methyl/N-ethyl adjacent to an activating group) is 2. The predicted octanol–water partition coefficient (Wildman–Crippen LogP) is 0.868. The molecule has 90 valence electrons. The summed E-state index contributed by atoms with van der Waals surface area (Å²) in [5.74, 6) is 0.736. The highest BCUT2D eigenvalue weighted by Crippen LogP contribution is 2.10. The van der Waals surface area contributed by atoms with E-state index in [-0.39, 0.29) is 5.91 Å². The Kier molecular flexibility index (Phi) is 4.46. The Morgan fingerprint density at radius 1 is 1.47 bits per heavy atom. The van der Waals surface area contributed by atoms with Gasteiger partial charge in [0.25, 0.3) is 0 Å². The molecule has 0 saturated heterocycles. The van der Waals surface area contributed by atoms with Crippen LogP contribution in [0.3, 0.4) is 0 Å². The first-order valence-corrected chi connectivity index (χ1v) is 5.39. The van der Waals surface area contributed by atoms with Gasteiger partial charge in [0, 0.05) is 26.8 Å². The highest BCUT2D eigenvalue weighted by Gasteiger charge is 2.12. The highest BCUT2D eigenvalue weighted by molar-refractivity contribution is 5.80. The summed E-state index contributed by atoms with van der Waals surface area (Å²) in [6.45, 7) is 2.95. The average molecular weight is 232 g/mol. The third kappa shape index (κ3) is 3.45. The number of aromatic nitrogens is 1. The quantitative estimate of drug-likeness (QED) is 0.772. The topological polar surface area (TPSA) is 60.2 Å². The number of amides is 1. The normalized spacial score (nSPS) is 9.53. The first-order valence-electron chi connectivity index (χ1n) is 5.39. The van der Waals surface area contributed by atoms with Crippen molar-refractivity contribution in [3.05, 3.63) is 23.9 Å². The van der Waals surface area contributed by atoms with Gasteiger partial charge in [-0.3, -0.25) is 4.79 Å². The number of carbonyl (C=O) groups is 1. The van der Waals surface area contributed by atoms with Crippen molar-refractivity contribution in [2.75, 3.05) is 32.1 Å². The lowest BCUT2D eigenvalue weighted by molar-refractivity contribution is -0.127. The van der Waals surface area contributed by atoms with Crippen molar-refractivity contribution in [1.82, 2.24) is 9.88 Å². The molecule has 5 heteroatoms. The zero-order chi connectivity index (χ0) is 12.8. The van der Waals surface area contributed by atoms with Crippen LogP contribution in [0.4, 0.5) is 5.82 Å². The molecule has 0 spiro atoms. The van der Waals surface area contributed by atoms with Crippen LogP contribution in [0.25, 0.3) is 0 Å². The van der Waals surface area contributed by atoms with Crippen LogP contribution in [-0.2, 0) is 4.79 Å². The van der Waals surface area contributed by atoms with E-state index < -0.39 is 0 Å².